The van der Waals surface area contributed by atoms with Gasteiger partial charge in [0, 0.05) is 6.04 Å². The highest BCUT2D eigenvalue weighted by Crippen LogP contribution is 2.04. The molecule has 5 nitrogen and oxygen atoms in total. The Balaban J connectivity index is 4.14. The Hall–Kier alpha value is -0.620. The van der Waals surface area contributed by atoms with Crippen molar-refractivity contribution in [3.05, 3.63) is 0 Å². The molecule has 6 heteroatoms. The van der Waals surface area contributed by atoms with Crippen molar-refractivity contribution in [3.63, 3.8) is 0 Å². The lowest BCUT2D eigenvalue weighted by Crippen LogP contribution is -2.35. The van der Waals surface area contributed by atoms with Crippen molar-refractivity contribution in [3.8, 4) is 0 Å². The maximum absolute atomic E-state index is 11.5. The van der Waals surface area contributed by atoms with Gasteiger partial charge in [0.05, 0.1) is 25.0 Å². The first kappa shape index (κ1) is 14.4. The Morgan fingerprint density at radius 2 is 1.93 bits per heavy atom. The number of rotatable bonds is 6. The van der Waals surface area contributed by atoms with Crippen LogP contribution in [0.3, 0.4) is 0 Å². The normalized spacial score (nSPS) is 13.9. The number of hydrogen-bond donors (Lipinski definition) is 1. The van der Waals surface area contributed by atoms with Crippen molar-refractivity contribution < 1.29 is 17.9 Å². The summed E-state index contributed by atoms with van der Waals surface area (Å²) in [5.74, 6) is -0.684. The predicted octanol–water partition coefficient (Wildman–Crippen LogP) is -0.0524. The molecular formula is C9H19NO4S. The maximum Gasteiger partial charge on any atom is 0.306 e. The molecule has 0 bridgehead atoms. The van der Waals surface area contributed by atoms with Gasteiger partial charge in [-0.25, -0.2) is 8.42 Å². The van der Waals surface area contributed by atoms with Crippen LogP contribution in [0.5, 0.6) is 0 Å². The van der Waals surface area contributed by atoms with Crippen LogP contribution in [-0.2, 0) is 19.4 Å². The minimum atomic E-state index is -3.26. The summed E-state index contributed by atoms with van der Waals surface area (Å²) in [5.41, 5.74) is 5.65. The van der Waals surface area contributed by atoms with Gasteiger partial charge in [0.1, 0.15) is 0 Å². The van der Waals surface area contributed by atoms with Crippen LogP contribution in [0.1, 0.15) is 20.3 Å². The number of carbonyl (C=O) groups is 1. The van der Waals surface area contributed by atoms with Crippen LogP contribution in [0.25, 0.3) is 0 Å². The van der Waals surface area contributed by atoms with E-state index in [9.17, 15) is 13.2 Å². The van der Waals surface area contributed by atoms with Gasteiger partial charge < -0.3 is 10.5 Å². The molecule has 0 aliphatic carbocycles. The quantitative estimate of drug-likeness (QED) is 0.654. The van der Waals surface area contributed by atoms with E-state index in [4.69, 9.17) is 5.73 Å². The second kappa shape index (κ2) is 6.07. The molecule has 15 heavy (non-hydrogen) atoms. The van der Waals surface area contributed by atoms with E-state index in [1.54, 1.807) is 0 Å². The number of hydrogen-bond acceptors (Lipinski definition) is 5. The zero-order valence-electron chi connectivity index (χ0n) is 9.39. The molecule has 0 amide bonds. The minimum Gasteiger partial charge on any atom is -0.469 e. The molecule has 0 fully saturated rings. The Kier molecular flexibility index (Phi) is 5.82. The molecule has 0 heterocycles. The Labute approximate surface area is 90.9 Å². The van der Waals surface area contributed by atoms with E-state index < -0.39 is 15.8 Å². The molecule has 1 unspecified atom stereocenters. The molecule has 0 radical (unpaired) electrons. The summed E-state index contributed by atoms with van der Waals surface area (Å²) in [6.07, 6.45) is -0.107. The lowest BCUT2D eigenvalue weighted by Gasteiger charge is -2.15. The number of sulfone groups is 1. The third-order valence-corrected chi connectivity index (χ3v) is 3.87. The summed E-state index contributed by atoms with van der Waals surface area (Å²) in [5, 5.41) is 0. The maximum atomic E-state index is 11.5. The molecule has 0 aliphatic rings. The number of carbonyl (C=O) groups excluding carboxylic acids is 1. The molecule has 90 valence electrons. The van der Waals surface area contributed by atoms with Crippen molar-refractivity contribution >= 4 is 15.8 Å². The minimum absolute atomic E-state index is 0.0817. The van der Waals surface area contributed by atoms with Crippen molar-refractivity contribution in [2.75, 3.05) is 18.6 Å². The van der Waals surface area contributed by atoms with Gasteiger partial charge in [-0.05, 0) is 5.92 Å². The standard InChI is InChI=1S/C9H19NO4S/c1-7(2)8(10)6-15(12,13)5-4-9(11)14-3/h7-8H,4-6,10H2,1-3H3. The predicted molar refractivity (Wildman–Crippen MR) is 58.1 cm³/mol. The van der Waals surface area contributed by atoms with E-state index in [-0.39, 0.29) is 29.9 Å². The molecule has 0 saturated heterocycles. The fourth-order valence-corrected chi connectivity index (χ4v) is 2.53. The van der Waals surface area contributed by atoms with Crippen LogP contribution < -0.4 is 5.73 Å². The number of esters is 1. The van der Waals surface area contributed by atoms with Gasteiger partial charge in [-0.2, -0.15) is 0 Å². The zero-order valence-corrected chi connectivity index (χ0v) is 10.2. The van der Waals surface area contributed by atoms with Crippen LogP contribution in [-0.4, -0.2) is 39.0 Å². The van der Waals surface area contributed by atoms with Crippen LogP contribution >= 0.6 is 0 Å². The van der Waals surface area contributed by atoms with E-state index >= 15 is 0 Å². The van der Waals surface area contributed by atoms with Gasteiger partial charge >= 0.3 is 5.97 Å². The average molecular weight is 237 g/mol. The van der Waals surface area contributed by atoms with Gasteiger partial charge in [-0.3, -0.25) is 4.79 Å². The topological polar surface area (TPSA) is 86.5 Å². The highest BCUT2D eigenvalue weighted by atomic mass is 32.2. The van der Waals surface area contributed by atoms with Crippen molar-refractivity contribution in [2.24, 2.45) is 11.7 Å². The summed E-state index contributed by atoms with van der Waals surface area (Å²) in [7, 11) is -2.03. The Morgan fingerprint density at radius 3 is 2.33 bits per heavy atom. The van der Waals surface area contributed by atoms with Crippen molar-refractivity contribution in [2.45, 2.75) is 26.3 Å². The van der Waals surface area contributed by atoms with Crippen LogP contribution in [0.15, 0.2) is 0 Å². The summed E-state index contributed by atoms with van der Waals surface area (Å²) in [6.45, 7) is 3.72. The molecule has 0 saturated carbocycles. The van der Waals surface area contributed by atoms with Gasteiger partial charge in [0.25, 0.3) is 0 Å². The number of methoxy groups -OCH3 is 1. The third-order valence-electron chi connectivity index (χ3n) is 2.15. The Bertz CT molecular complexity index is 297. The SMILES string of the molecule is COC(=O)CCS(=O)(=O)CC(N)C(C)C. The smallest absolute Gasteiger partial charge is 0.306 e. The fourth-order valence-electron chi connectivity index (χ4n) is 0.910. The van der Waals surface area contributed by atoms with E-state index in [2.05, 4.69) is 4.74 Å². The second-order valence-corrected chi connectivity index (χ2v) is 6.08. The largest absolute Gasteiger partial charge is 0.469 e. The zero-order chi connectivity index (χ0) is 12.1. The molecule has 0 aromatic heterocycles. The van der Waals surface area contributed by atoms with E-state index in [1.165, 1.54) is 7.11 Å². The third kappa shape index (κ3) is 6.46. The fraction of sp³-hybridized carbons (Fsp3) is 0.889. The molecule has 0 rings (SSSR count). The number of nitrogens with two attached hydrogens (primary N) is 1. The lowest BCUT2D eigenvalue weighted by molar-refractivity contribution is -0.140. The first-order chi connectivity index (χ1) is 6.78. The highest BCUT2D eigenvalue weighted by Gasteiger charge is 2.19. The van der Waals surface area contributed by atoms with Gasteiger partial charge in [-0.1, -0.05) is 13.8 Å². The summed E-state index contributed by atoms with van der Waals surface area (Å²) in [6, 6.07) is -0.382. The first-order valence-corrected chi connectivity index (χ1v) is 6.63. The van der Waals surface area contributed by atoms with Crippen molar-refractivity contribution in [1.29, 1.82) is 0 Å². The molecule has 2 N–H and O–H groups in total. The van der Waals surface area contributed by atoms with E-state index in [1.807, 2.05) is 13.8 Å². The molecule has 0 aromatic carbocycles. The van der Waals surface area contributed by atoms with Crippen molar-refractivity contribution in [1.82, 2.24) is 0 Å². The summed E-state index contributed by atoms with van der Waals surface area (Å²) in [4.78, 5) is 10.8. The van der Waals surface area contributed by atoms with Gasteiger partial charge in [-0.15, -0.1) is 0 Å². The number of ether oxygens (including phenoxy) is 1. The monoisotopic (exact) mass is 237 g/mol. The molecule has 0 spiro atoms. The molecular weight excluding hydrogens is 218 g/mol. The van der Waals surface area contributed by atoms with Gasteiger partial charge in [0.15, 0.2) is 9.84 Å². The average Bonchev–Trinajstić information content (AvgIpc) is 2.13. The second-order valence-electron chi connectivity index (χ2n) is 3.85. The van der Waals surface area contributed by atoms with Crippen LogP contribution in [0, 0.1) is 5.92 Å². The molecule has 1 atom stereocenters. The molecule has 0 aliphatic heterocycles. The summed E-state index contributed by atoms with van der Waals surface area (Å²) < 4.78 is 27.3. The van der Waals surface area contributed by atoms with E-state index in [0.29, 0.717) is 0 Å². The lowest BCUT2D eigenvalue weighted by atomic mass is 10.1. The van der Waals surface area contributed by atoms with Crippen LogP contribution in [0.2, 0.25) is 0 Å². The van der Waals surface area contributed by atoms with Crippen LogP contribution in [0.4, 0.5) is 0 Å². The summed E-state index contributed by atoms with van der Waals surface area (Å²) >= 11 is 0. The molecule has 0 aromatic rings. The van der Waals surface area contributed by atoms with E-state index in [0.717, 1.165) is 0 Å². The Morgan fingerprint density at radius 1 is 1.40 bits per heavy atom. The first-order valence-electron chi connectivity index (χ1n) is 4.81. The highest BCUT2D eigenvalue weighted by molar-refractivity contribution is 7.91. The van der Waals surface area contributed by atoms with Gasteiger partial charge in [0.2, 0.25) is 0 Å².